The van der Waals surface area contributed by atoms with Gasteiger partial charge in [0.25, 0.3) is 11.1 Å². The van der Waals surface area contributed by atoms with Crippen LogP contribution in [0.15, 0.2) is 65.6 Å². The number of carbonyl (C=O) groups is 3. The molecule has 1 aliphatic heterocycles. The average Bonchev–Trinajstić information content (AvgIpc) is 3.12. The first kappa shape index (κ1) is 27.0. The molecule has 4 rings (SSSR count). The Labute approximate surface area is 236 Å². The average molecular weight is 650 g/mol. The van der Waals surface area contributed by atoms with E-state index in [1.165, 1.54) is 11.0 Å². The van der Waals surface area contributed by atoms with Crippen molar-refractivity contribution in [3.05, 3.63) is 96.4 Å². The molecule has 10 heteroatoms. The molecule has 3 aromatic carbocycles. The molecule has 0 radical (unpaired) electrons. The molecule has 37 heavy (non-hydrogen) atoms. The summed E-state index contributed by atoms with van der Waals surface area (Å²) >= 11 is 8.93. The Morgan fingerprint density at radius 3 is 2.54 bits per heavy atom. The molecule has 0 unspecified atom stereocenters. The van der Waals surface area contributed by atoms with Crippen LogP contribution >= 0.6 is 46.0 Å². The lowest BCUT2D eigenvalue weighted by Crippen LogP contribution is -2.27. The van der Waals surface area contributed by atoms with Crippen molar-refractivity contribution in [2.24, 2.45) is 0 Å². The topological polar surface area (TPSA) is 93.1 Å². The summed E-state index contributed by atoms with van der Waals surface area (Å²) in [6, 6.07) is 17.1. The first-order valence-corrected chi connectivity index (χ1v) is 13.4. The van der Waals surface area contributed by atoms with Crippen molar-refractivity contribution < 1.29 is 29.0 Å². The van der Waals surface area contributed by atoms with Crippen molar-refractivity contribution in [2.45, 2.75) is 20.1 Å². The van der Waals surface area contributed by atoms with Crippen molar-refractivity contribution in [1.82, 2.24) is 4.90 Å². The molecule has 0 aliphatic carbocycles. The van der Waals surface area contributed by atoms with Crippen molar-refractivity contribution in [2.75, 3.05) is 6.61 Å². The SMILES string of the molecule is CCOc1cc(/C=C2/SC(=O)N(Cc3ccc(Cl)cc3)C2=O)cc(I)c1OCc1cccc(C(=O)O)c1. The number of imide groups is 1. The van der Waals surface area contributed by atoms with Crippen molar-refractivity contribution in [3.8, 4) is 11.5 Å². The maximum atomic E-state index is 13.0. The van der Waals surface area contributed by atoms with Crippen molar-refractivity contribution in [1.29, 1.82) is 0 Å². The molecule has 2 amide bonds. The van der Waals surface area contributed by atoms with E-state index in [1.807, 2.05) is 13.0 Å². The molecule has 0 atom stereocenters. The predicted molar refractivity (Wildman–Crippen MR) is 151 cm³/mol. The molecule has 7 nitrogen and oxygen atoms in total. The Kier molecular flexibility index (Phi) is 8.78. The van der Waals surface area contributed by atoms with Crippen LogP contribution in [-0.4, -0.2) is 33.7 Å². The standard InChI is InChI=1S/C27H21ClINO6S/c1-2-35-22-12-18(11-21(29)24(22)36-15-17-4-3-5-19(10-17)26(32)33)13-23-25(31)30(27(34)37-23)14-16-6-8-20(28)9-7-16/h3-13H,2,14-15H2,1H3,(H,32,33)/b23-13+. The zero-order valence-electron chi connectivity index (χ0n) is 19.6. The van der Waals surface area contributed by atoms with E-state index < -0.39 is 5.97 Å². The first-order valence-electron chi connectivity index (χ1n) is 11.2. The highest BCUT2D eigenvalue weighted by Crippen LogP contribution is 2.38. The van der Waals surface area contributed by atoms with E-state index in [2.05, 4.69) is 22.6 Å². The molecule has 0 aromatic heterocycles. The largest absolute Gasteiger partial charge is 0.490 e. The van der Waals surface area contributed by atoms with Gasteiger partial charge in [0.2, 0.25) is 0 Å². The Bertz CT molecular complexity index is 1390. The summed E-state index contributed by atoms with van der Waals surface area (Å²) in [5.41, 5.74) is 2.37. The van der Waals surface area contributed by atoms with Gasteiger partial charge in [-0.1, -0.05) is 35.9 Å². The molecule has 1 aliphatic rings. The van der Waals surface area contributed by atoms with Gasteiger partial charge in [-0.3, -0.25) is 14.5 Å². The van der Waals surface area contributed by atoms with E-state index in [0.29, 0.717) is 39.2 Å². The number of thioether (sulfide) groups is 1. The van der Waals surface area contributed by atoms with Crippen molar-refractivity contribution >= 4 is 69.1 Å². The molecule has 0 saturated carbocycles. The number of carboxylic acids is 1. The number of nitrogens with zero attached hydrogens (tertiary/aromatic N) is 1. The van der Waals surface area contributed by atoms with Crippen LogP contribution in [0, 0.1) is 3.57 Å². The monoisotopic (exact) mass is 649 g/mol. The summed E-state index contributed by atoms with van der Waals surface area (Å²) in [7, 11) is 0. The van der Waals surface area contributed by atoms with Crippen LogP contribution in [0.25, 0.3) is 6.08 Å². The van der Waals surface area contributed by atoms with Crippen LogP contribution in [0.1, 0.15) is 34.0 Å². The van der Waals surface area contributed by atoms with Gasteiger partial charge in [-0.25, -0.2) is 4.79 Å². The summed E-state index contributed by atoms with van der Waals surface area (Å²) in [6.07, 6.45) is 1.66. The third-order valence-corrected chi connectivity index (χ3v) is 7.27. The van der Waals surface area contributed by atoms with Gasteiger partial charge in [0.1, 0.15) is 6.61 Å². The van der Waals surface area contributed by atoms with E-state index in [9.17, 15) is 19.5 Å². The highest BCUT2D eigenvalue weighted by atomic mass is 127. The van der Waals surface area contributed by atoms with Crippen LogP contribution in [0.3, 0.4) is 0 Å². The summed E-state index contributed by atoms with van der Waals surface area (Å²) < 4.78 is 12.5. The Morgan fingerprint density at radius 1 is 1.08 bits per heavy atom. The minimum Gasteiger partial charge on any atom is -0.490 e. The van der Waals surface area contributed by atoms with Gasteiger partial charge in [-0.2, -0.15) is 0 Å². The molecule has 190 valence electrons. The lowest BCUT2D eigenvalue weighted by molar-refractivity contribution is -0.123. The van der Waals surface area contributed by atoms with Crippen LogP contribution in [0.5, 0.6) is 11.5 Å². The van der Waals surface area contributed by atoms with Gasteiger partial charge in [0.15, 0.2) is 11.5 Å². The number of aromatic carboxylic acids is 1. The number of amides is 2. The van der Waals surface area contributed by atoms with Gasteiger partial charge in [-0.15, -0.1) is 0 Å². The fraction of sp³-hybridized carbons (Fsp3) is 0.148. The highest BCUT2D eigenvalue weighted by molar-refractivity contribution is 14.1. The summed E-state index contributed by atoms with van der Waals surface area (Å²) in [5.74, 6) is -0.378. The number of rotatable bonds is 9. The van der Waals surface area contributed by atoms with Gasteiger partial charge in [0.05, 0.1) is 27.2 Å². The number of carboxylic acid groups (broad SMARTS) is 1. The third-order valence-electron chi connectivity index (χ3n) is 5.31. The maximum Gasteiger partial charge on any atom is 0.335 e. The smallest absolute Gasteiger partial charge is 0.335 e. The minimum atomic E-state index is -1.01. The molecule has 1 fully saturated rings. The van der Waals surface area contributed by atoms with Crippen molar-refractivity contribution in [3.63, 3.8) is 0 Å². The van der Waals surface area contributed by atoms with E-state index in [-0.39, 0.29) is 29.9 Å². The number of benzene rings is 3. The Hall–Kier alpha value is -3.02. The number of hydrogen-bond donors (Lipinski definition) is 1. The fourth-order valence-electron chi connectivity index (χ4n) is 3.58. The predicted octanol–water partition coefficient (Wildman–Crippen LogP) is 6.86. The van der Waals surface area contributed by atoms with Crippen LogP contribution in [0.2, 0.25) is 5.02 Å². The highest BCUT2D eigenvalue weighted by Gasteiger charge is 2.35. The first-order chi connectivity index (χ1) is 17.7. The van der Waals surface area contributed by atoms with E-state index in [4.69, 9.17) is 21.1 Å². The summed E-state index contributed by atoms with van der Waals surface area (Å²) in [6.45, 7) is 2.56. The lowest BCUT2D eigenvalue weighted by atomic mass is 10.1. The van der Waals surface area contributed by atoms with Gasteiger partial charge >= 0.3 is 5.97 Å². The number of hydrogen-bond acceptors (Lipinski definition) is 6. The third kappa shape index (κ3) is 6.65. The van der Waals surface area contributed by atoms with Gasteiger partial charge in [0, 0.05) is 5.02 Å². The number of carbonyl (C=O) groups excluding carboxylic acids is 2. The molecule has 1 saturated heterocycles. The minimum absolute atomic E-state index is 0.153. The van der Waals surface area contributed by atoms with Crippen LogP contribution in [0.4, 0.5) is 4.79 Å². The second kappa shape index (κ2) is 12.0. The number of ether oxygens (including phenoxy) is 2. The second-order valence-electron chi connectivity index (χ2n) is 7.95. The van der Waals surface area contributed by atoms with Crippen LogP contribution < -0.4 is 9.47 Å². The lowest BCUT2D eigenvalue weighted by Gasteiger charge is -2.15. The van der Waals surface area contributed by atoms with Gasteiger partial charge < -0.3 is 14.6 Å². The molecule has 1 N–H and O–H groups in total. The normalized spacial score (nSPS) is 14.4. The molecular formula is C27H21ClINO6S. The second-order valence-corrected chi connectivity index (χ2v) is 10.5. The molecule has 1 heterocycles. The zero-order valence-corrected chi connectivity index (χ0v) is 23.3. The molecule has 0 spiro atoms. The zero-order chi connectivity index (χ0) is 26.5. The van der Waals surface area contributed by atoms with E-state index in [0.717, 1.165) is 20.9 Å². The Balaban J connectivity index is 1.54. The summed E-state index contributed by atoms with van der Waals surface area (Å²) in [4.78, 5) is 38.3. The maximum absolute atomic E-state index is 13.0. The molecule has 3 aromatic rings. The molecular weight excluding hydrogens is 629 g/mol. The van der Waals surface area contributed by atoms with E-state index in [1.54, 1.807) is 54.6 Å². The Morgan fingerprint density at radius 2 is 1.84 bits per heavy atom. The summed E-state index contributed by atoms with van der Waals surface area (Å²) in [5, 5.41) is 9.46. The quantitative estimate of drug-likeness (QED) is 0.200. The van der Waals surface area contributed by atoms with Gasteiger partial charge in [-0.05, 0) is 100 Å². The molecule has 0 bridgehead atoms. The van der Waals surface area contributed by atoms with E-state index >= 15 is 0 Å². The van der Waals surface area contributed by atoms with Crippen LogP contribution in [-0.2, 0) is 17.9 Å². The number of halogens is 2. The fourth-order valence-corrected chi connectivity index (χ4v) is 5.33.